The van der Waals surface area contributed by atoms with Crippen molar-refractivity contribution in [1.29, 1.82) is 0 Å². The fourth-order valence-electron chi connectivity index (χ4n) is 3.89. The van der Waals surface area contributed by atoms with Gasteiger partial charge in [-0.25, -0.2) is 4.79 Å². The number of nitrogens with one attached hydrogen (secondary N) is 1. The van der Waals surface area contributed by atoms with Crippen LogP contribution in [0.5, 0.6) is 0 Å². The van der Waals surface area contributed by atoms with Crippen LogP contribution >= 0.6 is 15.9 Å². The normalized spacial score (nSPS) is 12.4. The minimum atomic E-state index is -4.49. The molecular weight excluding hydrogens is 495 g/mol. The Bertz CT molecular complexity index is 1200. The Hall–Kier alpha value is -3.24. The lowest BCUT2D eigenvalue weighted by Crippen LogP contribution is -2.26. The molecule has 1 N–H and O–H groups in total. The van der Waals surface area contributed by atoms with Crippen LogP contribution in [0, 0.1) is 11.8 Å². The lowest BCUT2D eigenvalue weighted by atomic mass is 9.98. The molecule has 0 saturated heterocycles. The van der Waals surface area contributed by atoms with E-state index >= 15 is 0 Å². The van der Waals surface area contributed by atoms with Crippen LogP contribution in [0.4, 0.5) is 18.0 Å². The molecule has 3 aromatic carbocycles. The fourth-order valence-corrected chi connectivity index (χ4v) is 4.26. The van der Waals surface area contributed by atoms with Crippen molar-refractivity contribution in [2.24, 2.45) is 0 Å². The summed E-state index contributed by atoms with van der Waals surface area (Å²) in [6.45, 7) is 0.362. The number of carbonyl (C=O) groups excluding carboxylic acids is 1. The third kappa shape index (κ3) is 5.23. The lowest BCUT2D eigenvalue weighted by molar-refractivity contribution is -0.137. The van der Waals surface area contributed by atoms with Crippen LogP contribution in [0.1, 0.15) is 34.6 Å². The molecule has 1 amide bonds. The van der Waals surface area contributed by atoms with Crippen molar-refractivity contribution in [2.75, 3.05) is 13.2 Å². The Kier molecular flexibility index (Phi) is 6.75. The Morgan fingerprint density at radius 1 is 1.00 bits per heavy atom. The van der Waals surface area contributed by atoms with E-state index in [1.54, 1.807) is 0 Å². The van der Waals surface area contributed by atoms with Gasteiger partial charge in [-0.3, -0.25) is 0 Å². The fraction of sp³-hybridized carbons (Fsp3) is 0.192. The maximum Gasteiger partial charge on any atom is 0.417 e. The Labute approximate surface area is 198 Å². The Morgan fingerprint density at radius 2 is 1.64 bits per heavy atom. The summed E-state index contributed by atoms with van der Waals surface area (Å²) in [7, 11) is 0. The average molecular weight is 514 g/mol. The third-order valence-electron chi connectivity index (χ3n) is 5.37. The lowest BCUT2D eigenvalue weighted by Gasteiger charge is -2.14. The summed E-state index contributed by atoms with van der Waals surface area (Å²) in [5.41, 5.74) is 3.62. The third-order valence-corrected chi connectivity index (χ3v) is 5.87. The van der Waals surface area contributed by atoms with Crippen LogP contribution in [-0.2, 0) is 10.9 Å². The summed E-state index contributed by atoms with van der Waals surface area (Å²) in [6.07, 6.45) is -4.89. The highest BCUT2D eigenvalue weighted by atomic mass is 79.9. The zero-order valence-electron chi connectivity index (χ0n) is 17.4. The second-order valence-corrected chi connectivity index (χ2v) is 8.41. The van der Waals surface area contributed by atoms with Gasteiger partial charge < -0.3 is 10.1 Å². The second-order valence-electron chi connectivity index (χ2n) is 7.49. The van der Waals surface area contributed by atoms with E-state index in [4.69, 9.17) is 4.74 Å². The van der Waals surface area contributed by atoms with Crippen LogP contribution < -0.4 is 5.32 Å². The van der Waals surface area contributed by atoms with Crippen LogP contribution in [0.25, 0.3) is 11.1 Å². The highest BCUT2D eigenvalue weighted by Gasteiger charge is 2.33. The number of benzene rings is 3. The molecule has 0 radical (unpaired) electrons. The molecule has 3 aromatic rings. The van der Waals surface area contributed by atoms with Crippen LogP contribution in [0.3, 0.4) is 0 Å². The highest BCUT2D eigenvalue weighted by Crippen LogP contribution is 2.44. The van der Waals surface area contributed by atoms with Crippen molar-refractivity contribution in [2.45, 2.75) is 18.5 Å². The Balaban J connectivity index is 1.31. The molecule has 0 bridgehead atoms. The van der Waals surface area contributed by atoms with E-state index in [0.29, 0.717) is 4.47 Å². The zero-order valence-corrected chi connectivity index (χ0v) is 19.0. The summed E-state index contributed by atoms with van der Waals surface area (Å²) in [5, 5.41) is 2.60. The quantitative estimate of drug-likeness (QED) is 0.309. The molecule has 0 atom stereocenters. The van der Waals surface area contributed by atoms with Crippen LogP contribution in [0.15, 0.2) is 71.2 Å². The van der Waals surface area contributed by atoms with E-state index in [-0.39, 0.29) is 31.1 Å². The second kappa shape index (κ2) is 9.72. The molecule has 7 heteroatoms. The number of fused-ring (bicyclic) bond motifs is 3. The van der Waals surface area contributed by atoms with Crippen molar-refractivity contribution in [1.82, 2.24) is 5.32 Å². The predicted octanol–water partition coefficient (Wildman–Crippen LogP) is 6.75. The molecule has 0 aliphatic heterocycles. The van der Waals surface area contributed by atoms with Gasteiger partial charge in [-0.1, -0.05) is 76.3 Å². The maximum absolute atomic E-state index is 13.1. The molecule has 1 aliphatic rings. The monoisotopic (exact) mass is 513 g/mol. The summed E-state index contributed by atoms with van der Waals surface area (Å²) < 4.78 is 45.2. The first-order valence-electron chi connectivity index (χ1n) is 10.3. The van der Waals surface area contributed by atoms with Gasteiger partial charge in [0.25, 0.3) is 0 Å². The number of hydrogen-bond acceptors (Lipinski definition) is 2. The SMILES string of the molecule is O=C(NCCC#Cc1ccc(Br)cc1C(F)(F)F)OCC1c2ccccc2-c2ccccc21. The molecule has 168 valence electrons. The average Bonchev–Trinajstić information content (AvgIpc) is 3.11. The van der Waals surface area contributed by atoms with E-state index in [1.165, 1.54) is 12.1 Å². The minimum Gasteiger partial charge on any atom is -0.449 e. The van der Waals surface area contributed by atoms with E-state index in [2.05, 4.69) is 45.2 Å². The van der Waals surface area contributed by atoms with Crippen LogP contribution in [-0.4, -0.2) is 19.2 Å². The van der Waals surface area contributed by atoms with Gasteiger partial charge in [0.05, 0.1) is 5.56 Å². The van der Waals surface area contributed by atoms with Gasteiger partial charge >= 0.3 is 12.3 Å². The minimum absolute atomic E-state index is 0.0406. The summed E-state index contributed by atoms with van der Waals surface area (Å²) in [4.78, 5) is 12.1. The van der Waals surface area contributed by atoms with Crippen molar-refractivity contribution < 1.29 is 22.7 Å². The zero-order chi connectivity index (χ0) is 23.4. The van der Waals surface area contributed by atoms with Gasteiger partial charge in [0.2, 0.25) is 0 Å². The van der Waals surface area contributed by atoms with Gasteiger partial charge in [-0.15, -0.1) is 0 Å². The van der Waals surface area contributed by atoms with Crippen LogP contribution in [0.2, 0.25) is 0 Å². The van der Waals surface area contributed by atoms with Crippen molar-refractivity contribution in [3.63, 3.8) is 0 Å². The van der Waals surface area contributed by atoms with E-state index in [9.17, 15) is 18.0 Å². The van der Waals surface area contributed by atoms with Gasteiger partial charge in [-0.05, 0) is 40.5 Å². The number of rotatable bonds is 4. The largest absolute Gasteiger partial charge is 0.449 e. The van der Waals surface area contributed by atoms with E-state index in [1.807, 2.05) is 36.4 Å². The first-order valence-corrected chi connectivity index (χ1v) is 11.1. The molecule has 33 heavy (non-hydrogen) atoms. The molecular formula is C26H19BrF3NO2. The predicted molar refractivity (Wildman–Crippen MR) is 124 cm³/mol. The number of carbonyl (C=O) groups is 1. The van der Waals surface area contributed by atoms with Gasteiger partial charge in [0.1, 0.15) is 6.61 Å². The van der Waals surface area contributed by atoms with Gasteiger partial charge in [-0.2, -0.15) is 13.2 Å². The van der Waals surface area contributed by atoms with Crippen molar-refractivity contribution >= 4 is 22.0 Å². The topological polar surface area (TPSA) is 38.3 Å². The molecule has 0 saturated carbocycles. The Morgan fingerprint density at radius 3 is 2.27 bits per heavy atom. The first-order chi connectivity index (χ1) is 15.8. The summed E-state index contributed by atoms with van der Waals surface area (Å²) in [6, 6.07) is 19.9. The van der Waals surface area contributed by atoms with Crippen molar-refractivity contribution in [3.05, 3.63) is 93.5 Å². The van der Waals surface area contributed by atoms with E-state index < -0.39 is 17.8 Å². The number of amides is 1. The maximum atomic E-state index is 13.1. The number of alkyl carbamates (subject to hydrolysis) is 1. The number of alkyl halides is 3. The molecule has 0 unspecified atom stereocenters. The molecule has 1 aliphatic carbocycles. The first kappa shape index (κ1) is 22.9. The summed E-state index contributed by atoms with van der Waals surface area (Å²) in [5.74, 6) is 5.17. The number of halogens is 4. The molecule has 0 fully saturated rings. The van der Waals surface area contributed by atoms with Crippen molar-refractivity contribution in [3.8, 4) is 23.0 Å². The number of ether oxygens (including phenoxy) is 1. The molecule has 4 rings (SSSR count). The molecule has 0 spiro atoms. The van der Waals surface area contributed by atoms with Gasteiger partial charge in [0, 0.05) is 28.9 Å². The smallest absolute Gasteiger partial charge is 0.417 e. The summed E-state index contributed by atoms with van der Waals surface area (Å²) >= 11 is 3.05. The molecule has 0 aromatic heterocycles. The highest BCUT2D eigenvalue weighted by molar-refractivity contribution is 9.10. The van der Waals surface area contributed by atoms with Gasteiger partial charge in [0.15, 0.2) is 0 Å². The number of hydrogen-bond donors (Lipinski definition) is 1. The molecule has 0 heterocycles. The van der Waals surface area contributed by atoms with E-state index in [0.717, 1.165) is 28.3 Å². The molecule has 3 nitrogen and oxygen atoms in total. The standard InChI is InChI=1S/C26H19BrF3NO2/c27-18-13-12-17(24(15-18)26(28,29)30)7-5-6-14-31-25(32)33-16-23-21-10-3-1-8-19(21)20-9-2-4-11-22(20)23/h1-4,8-13,15,23H,6,14,16H2,(H,31,32).